The Bertz CT molecular complexity index is 727. The highest BCUT2D eigenvalue weighted by Gasteiger charge is 2.36. The zero-order valence-electron chi connectivity index (χ0n) is 13.1. The average Bonchev–Trinajstić information content (AvgIpc) is 2.46. The molecule has 1 aliphatic rings. The second kappa shape index (κ2) is 6.53. The number of esters is 1. The number of carbonyl (C=O) groups excluding carboxylic acids is 1. The van der Waals surface area contributed by atoms with Crippen LogP contribution in [0, 0.1) is 17.1 Å². The van der Waals surface area contributed by atoms with Gasteiger partial charge in [-0.15, -0.1) is 0 Å². The summed E-state index contributed by atoms with van der Waals surface area (Å²) in [5.41, 5.74) is 6.62. The lowest BCUT2D eigenvalue weighted by Gasteiger charge is -2.27. The van der Waals surface area contributed by atoms with Crippen molar-refractivity contribution in [2.75, 3.05) is 0 Å². The lowest BCUT2D eigenvalue weighted by atomic mass is 9.83. The average molecular weight is 316 g/mol. The van der Waals surface area contributed by atoms with Crippen LogP contribution in [0.3, 0.4) is 0 Å². The van der Waals surface area contributed by atoms with Gasteiger partial charge in [0.05, 0.1) is 17.6 Å². The van der Waals surface area contributed by atoms with E-state index in [1.165, 1.54) is 24.3 Å². The molecule has 0 unspecified atom stereocenters. The summed E-state index contributed by atoms with van der Waals surface area (Å²) in [7, 11) is 0. The molecule has 1 aromatic rings. The third-order valence-corrected chi connectivity index (χ3v) is 3.37. The first kappa shape index (κ1) is 16.6. The Morgan fingerprint density at radius 2 is 2.00 bits per heavy atom. The summed E-state index contributed by atoms with van der Waals surface area (Å²) in [5, 5.41) is 9.40. The maximum absolute atomic E-state index is 13.2. The maximum Gasteiger partial charge on any atom is 0.338 e. The molecule has 120 valence electrons. The molecule has 0 bridgehead atoms. The number of benzene rings is 1. The summed E-state index contributed by atoms with van der Waals surface area (Å²) in [6.45, 7) is 5.02. The van der Waals surface area contributed by atoms with Crippen molar-refractivity contribution in [1.82, 2.24) is 0 Å². The van der Waals surface area contributed by atoms with Crippen LogP contribution in [0.5, 0.6) is 0 Å². The summed E-state index contributed by atoms with van der Waals surface area (Å²) in [6.07, 6.45) is -0.328. The van der Waals surface area contributed by atoms with E-state index in [2.05, 4.69) is 0 Å². The third-order valence-electron chi connectivity index (χ3n) is 3.37. The molecule has 1 atom stereocenters. The first-order valence-corrected chi connectivity index (χ1v) is 7.10. The van der Waals surface area contributed by atoms with Gasteiger partial charge in [-0.05, 0) is 38.5 Å². The summed E-state index contributed by atoms with van der Waals surface area (Å²) in [6, 6.07) is 7.50. The van der Waals surface area contributed by atoms with Crippen LogP contribution in [0.25, 0.3) is 0 Å². The molecule has 5 nitrogen and oxygen atoms in total. The molecule has 1 heterocycles. The molecule has 6 heteroatoms. The van der Waals surface area contributed by atoms with E-state index < -0.39 is 17.7 Å². The van der Waals surface area contributed by atoms with Gasteiger partial charge in [-0.2, -0.15) is 5.26 Å². The number of nitriles is 1. The van der Waals surface area contributed by atoms with Gasteiger partial charge in [0.25, 0.3) is 0 Å². The van der Waals surface area contributed by atoms with E-state index in [1.54, 1.807) is 20.8 Å². The van der Waals surface area contributed by atoms with E-state index >= 15 is 0 Å². The van der Waals surface area contributed by atoms with E-state index in [0.717, 1.165) is 0 Å². The number of halogens is 1. The Morgan fingerprint density at radius 1 is 1.39 bits per heavy atom. The molecule has 1 aliphatic heterocycles. The zero-order valence-corrected chi connectivity index (χ0v) is 13.1. The number of nitrogens with two attached hydrogens (primary N) is 1. The largest absolute Gasteiger partial charge is 0.459 e. The molecule has 0 aromatic heterocycles. The third kappa shape index (κ3) is 3.34. The number of hydrogen-bond donors (Lipinski definition) is 1. The molecular formula is C17H17FN2O3. The van der Waals surface area contributed by atoms with E-state index in [4.69, 9.17) is 15.2 Å². The standard InChI is InChI=1S/C17H17FN2O3/c1-9(2)22-17(21)14-10(3)23-16(20)13(8-19)15(14)11-4-6-12(18)7-5-11/h4-7,9,15H,20H2,1-3H3/t15-/m1/s1. The summed E-state index contributed by atoms with van der Waals surface area (Å²) in [4.78, 5) is 12.4. The molecule has 0 amide bonds. The lowest BCUT2D eigenvalue weighted by molar-refractivity contribution is -0.143. The normalized spacial score (nSPS) is 17.8. The summed E-state index contributed by atoms with van der Waals surface area (Å²) >= 11 is 0. The molecule has 1 aromatic carbocycles. The molecular weight excluding hydrogens is 299 g/mol. The molecule has 0 radical (unpaired) electrons. The van der Waals surface area contributed by atoms with Crippen molar-refractivity contribution in [2.45, 2.75) is 32.8 Å². The molecule has 0 fully saturated rings. The number of nitrogens with zero attached hydrogens (tertiary/aromatic N) is 1. The van der Waals surface area contributed by atoms with Crippen molar-refractivity contribution in [3.05, 3.63) is 58.4 Å². The maximum atomic E-state index is 13.2. The van der Waals surface area contributed by atoms with Crippen LogP contribution in [-0.4, -0.2) is 12.1 Å². The van der Waals surface area contributed by atoms with Gasteiger partial charge in [0.15, 0.2) is 0 Å². The fourth-order valence-electron chi connectivity index (χ4n) is 2.41. The first-order chi connectivity index (χ1) is 10.8. The Labute approximate surface area is 133 Å². The van der Waals surface area contributed by atoms with Crippen LogP contribution in [-0.2, 0) is 14.3 Å². The molecule has 0 saturated carbocycles. The van der Waals surface area contributed by atoms with Gasteiger partial charge in [0, 0.05) is 0 Å². The molecule has 0 aliphatic carbocycles. The fraction of sp³-hybridized carbons (Fsp3) is 0.294. The minimum absolute atomic E-state index is 0.0691. The zero-order chi connectivity index (χ0) is 17.1. The van der Waals surface area contributed by atoms with Gasteiger partial charge in [-0.3, -0.25) is 0 Å². The molecule has 0 saturated heterocycles. The van der Waals surface area contributed by atoms with Crippen LogP contribution < -0.4 is 5.73 Å². The van der Waals surface area contributed by atoms with E-state index in [9.17, 15) is 14.4 Å². The van der Waals surface area contributed by atoms with Crippen molar-refractivity contribution in [2.24, 2.45) is 5.73 Å². The van der Waals surface area contributed by atoms with Crippen LogP contribution in [0.15, 0.2) is 47.1 Å². The van der Waals surface area contributed by atoms with Gasteiger partial charge < -0.3 is 15.2 Å². The van der Waals surface area contributed by atoms with Crippen LogP contribution in [0.1, 0.15) is 32.3 Å². The number of allylic oxidation sites excluding steroid dienone is 2. The van der Waals surface area contributed by atoms with Crippen LogP contribution >= 0.6 is 0 Å². The minimum atomic E-state index is -0.749. The Kier molecular flexibility index (Phi) is 4.70. The highest BCUT2D eigenvalue weighted by atomic mass is 19.1. The Hall–Kier alpha value is -2.81. The predicted octanol–water partition coefficient (Wildman–Crippen LogP) is 2.86. The smallest absolute Gasteiger partial charge is 0.338 e. The molecule has 2 N–H and O–H groups in total. The van der Waals surface area contributed by atoms with Crippen molar-refractivity contribution >= 4 is 5.97 Å². The monoisotopic (exact) mass is 316 g/mol. The summed E-state index contributed by atoms with van der Waals surface area (Å²) < 4.78 is 23.7. The molecule has 0 spiro atoms. The van der Waals surface area contributed by atoms with Gasteiger partial charge in [-0.1, -0.05) is 12.1 Å². The van der Waals surface area contributed by atoms with Crippen LogP contribution in [0.4, 0.5) is 4.39 Å². The van der Waals surface area contributed by atoms with Gasteiger partial charge in [0.1, 0.15) is 23.2 Å². The van der Waals surface area contributed by atoms with E-state index in [1.807, 2.05) is 6.07 Å². The SMILES string of the molecule is CC1=C(C(=O)OC(C)C)[C@H](c2ccc(F)cc2)C(C#N)=C(N)O1. The fourth-order valence-corrected chi connectivity index (χ4v) is 2.41. The van der Waals surface area contributed by atoms with Gasteiger partial charge in [-0.25, -0.2) is 9.18 Å². The minimum Gasteiger partial charge on any atom is -0.459 e. The van der Waals surface area contributed by atoms with Gasteiger partial charge in [0.2, 0.25) is 5.88 Å². The number of carbonyl (C=O) groups is 1. The second-order valence-corrected chi connectivity index (χ2v) is 5.40. The highest BCUT2D eigenvalue weighted by Crippen LogP contribution is 2.39. The van der Waals surface area contributed by atoms with Crippen molar-refractivity contribution in [3.8, 4) is 6.07 Å². The molecule has 23 heavy (non-hydrogen) atoms. The van der Waals surface area contributed by atoms with Crippen molar-refractivity contribution in [3.63, 3.8) is 0 Å². The van der Waals surface area contributed by atoms with E-state index in [-0.39, 0.29) is 28.9 Å². The first-order valence-electron chi connectivity index (χ1n) is 7.10. The number of hydrogen-bond acceptors (Lipinski definition) is 5. The highest BCUT2D eigenvalue weighted by molar-refractivity contribution is 5.92. The van der Waals surface area contributed by atoms with Gasteiger partial charge >= 0.3 is 5.97 Å². The van der Waals surface area contributed by atoms with E-state index in [0.29, 0.717) is 5.56 Å². The number of rotatable bonds is 3. The van der Waals surface area contributed by atoms with Crippen molar-refractivity contribution in [1.29, 1.82) is 5.26 Å². The van der Waals surface area contributed by atoms with Crippen molar-refractivity contribution < 1.29 is 18.7 Å². The second-order valence-electron chi connectivity index (χ2n) is 5.40. The quantitative estimate of drug-likeness (QED) is 0.867. The Morgan fingerprint density at radius 3 is 2.52 bits per heavy atom. The topological polar surface area (TPSA) is 85.3 Å². The lowest BCUT2D eigenvalue weighted by Crippen LogP contribution is -2.26. The number of ether oxygens (including phenoxy) is 2. The molecule has 2 rings (SSSR count). The predicted molar refractivity (Wildman–Crippen MR) is 81.0 cm³/mol. The van der Waals surface area contributed by atoms with Crippen LogP contribution in [0.2, 0.25) is 0 Å². The Balaban J connectivity index is 2.57. The summed E-state index contributed by atoms with van der Waals surface area (Å²) in [5.74, 6) is -1.56.